The molecule has 6 heteroatoms. The fourth-order valence-electron chi connectivity index (χ4n) is 2.93. The molecule has 0 atom stereocenters. The number of ether oxygens (including phenoxy) is 1. The first-order chi connectivity index (χ1) is 13.0. The molecule has 0 saturated carbocycles. The van der Waals surface area contributed by atoms with Crippen LogP contribution in [0.4, 0.5) is 0 Å². The predicted molar refractivity (Wildman–Crippen MR) is 109 cm³/mol. The maximum atomic E-state index is 12.8. The monoisotopic (exact) mass is 382 g/mol. The summed E-state index contributed by atoms with van der Waals surface area (Å²) >= 11 is 1.29. The van der Waals surface area contributed by atoms with Crippen LogP contribution in [0.15, 0.2) is 52.4 Å². The lowest BCUT2D eigenvalue weighted by Gasteiger charge is -2.13. The second-order valence-corrected chi connectivity index (χ2v) is 7.23. The Morgan fingerprint density at radius 1 is 1.22 bits per heavy atom. The average molecular weight is 382 g/mol. The highest BCUT2D eigenvalue weighted by molar-refractivity contribution is 7.99. The van der Waals surface area contributed by atoms with Crippen LogP contribution in [0.1, 0.15) is 29.3 Å². The third kappa shape index (κ3) is 4.06. The Morgan fingerprint density at radius 2 is 2.00 bits per heavy atom. The van der Waals surface area contributed by atoms with E-state index in [0.29, 0.717) is 33.9 Å². The Kier molecular flexibility index (Phi) is 5.96. The molecule has 0 aliphatic rings. The Balaban J connectivity index is 1.93. The second kappa shape index (κ2) is 8.39. The smallest absolute Gasteiger partial charge is 0.262 e. The van der Waals surface area contributed by atoms with Gasteiger partial charge in [-0.25, -0.2) is 4.98 Å². The number of hydrogen-bond donors (Lipinski definition) is 0. The molecule has 1 heterocycles. The van der Waals surface area contributed by atoms with Gasteiger partial charge in [0.1, 0.15) is 5.75 Å². The SMILES string of the molecule is CCCn1c(SCC(=O)c2cc(C)ccc2OC)nc2ccccc2c1=O. The van der Waals surface area contributed by atoms with Gasteiger partial charge in [0.25, 0.3) is 5.56 Å². The third-order valence-corrected chi connectivity index (χ3v) is 5.24. The molecular weight excluding hydrogens is 360 g/mol. The van der Waals surface area contributed by atoms with Gasteiger partial charge >= 0.3 is 0 Å². The van der Waals surface area contributed by atoms with E-state index in [2.05, 4.69) is 4.98 Å². The first-order valence-corrected chi connectivity index (χ1v) is 9.84. The zero-order valence-electron chi connectivity index (χ0n) is 15.7. The quantitative estimate of drug-likeness (QED) is 0.350. The third-order valence-electron chi connectivity index (χ3n) is 4.26. The van der Waals surface area contributed by atoms with Crippen molar-refractivity contribution in [2.45, 2.75) is 32.0 Å². The van der Waals surface area contributed by atoms with Gasteiger partial charge in [0, 0.05) is 6.54 Å². The predicted octanol–water partition coefficient (Wildman–Crippen LogP) is 4.10. The highest BCUT2D eigenvalue weighted by atomic mass is 32.2. The van der Waals surface area contributed by atoms with Crippen LogP contribution in [0.25, 0.3) is 10.9 Å². The molecule has 27 heavy (non-hydrogen) atoms. The first-order valence-electron chi connectivity index (χ1n) is 8.85. The second-order valence-electron chi connectivity index (χ2n) is 6.28. The van der Waals surface area contributed by atoms with Crippen molar-refractivity contribution in [3.05, 3.63) is 63.9 Å². The van der Waals surface area contributed by atoms with Crippen molar-refractivity contribution in [2.75, 3.05) is 12.9 Å². The van der Waals surface area contributed by atoms with Crippen molar-refractivity contribution in [3.63, 3.8) is 0 Å². The van der Waals surface area contributed by atoms with Crippen LogP contribution in [0, 0.1) is 6.92 Å². The number of methoxy groups -OCH3 is 1. The largest absolute Gasteiger partial charge is 0.496 e. The van der Waals surface area contributed by atoms with Crippen molar-refractivity contribution >= 4 is 28.4 Å². The summed E-state index contributed by atoms with van der Waals surface area (Å²) in [6.07, 6.45) is 0.813. The molecule has 140 valence electrons. The number of carbonyl (C=O) groups is 1. The lowest BCUT2D eigenvalue weighted by atomic mass is 10.1. The van der Waals surface area contributed by atoms with E-state index in [-0.39, 0.29) is 17.1 Å². The van der Waals surface area contributed by atoms with Gasteiger partial charge < -0.3 is 4.74 Å². The summed E-state index contributed by atoms with van der Waals surface area (Å²) in [5, 5.41) is 1.17. The van der Waals surface area contributed by atoms with Gasteiger partial charge in [0.15, 0.2) is 10.9 Å². The summed E-state index contributed by atoms with van der Waals surface area (Å²) in [5.74, 6) is 0.698. The van der Waals surface area contributed by atoms with Crippen LogP contribution < -0.4 is 10.3 Å². The van der Waals surface area contributed by atoms with Crippen molar-refractivity contribution in [1.82, 2.24) is 9.55 Å². The van der Waals surface area contributed by atoms with Gasteiger partial charge in [-0.2, -0.15) is 0 Å². The zero-order valence-corrected chi connectivity index (χ0v) is 16.5. The van der Waals surface area contributed by atoms with E-state index in [1.807, 2.05) is 44.2 Å². The molecule has 0 aliphatic carbocycles. The van der Waals surface area contributed by atoms with E-state index < -0.39 is 0 Å². The Hall–Kier alpha value is -2.60. The molecule has 0 radical (unpaired) electrons. The van der Waals surface area contributed by atoms with Gasteiger partial charge in [-0.15, -0.1) is 0 Å². The van der Waals surface area contributed by atoms with Crippen molar-refractivity contribution in [2.24, 2.45) is 0 Å². The Morgan fingerprint density at radius 3 is 2.74 bits per heavy atom. The molecule has 0 saturated heterocycles. The van der Waals surface area contributed by atoms with Crippen LogP contribution in [0.3, 0.4) is 0 Å². The summed E-state index contributed by atoms with van der Waals surface area (Å²) in [6.45, 7) is 4.52. The molecule has 0 spiro atoms. The molecule has 2 aromatic carbocycles. The van der Waals surface area contributed by atoms with Gasteiger partial charge in [-0.05, 0) is 37.6 Å². The summed E-state index contributed by atoms with van der Waals surface area (Å²) in [5.41, 5.74) is 2.13. The summed E-state index contributed by atoms with van der Waals surface area (Å²) in [6, 6.07) is 12.8. The van der Waals surface area contributed by atoms with E-state index in [4.69, 9.17) is 4.74 Å². The van der Waals surface area contributed by atoms with Gasteiger partial charge in [0.2, 0.25) is 0 Å². The lowest BCUT2D eigenvalue weighted by Crippen LogP contribution is -2.23. The number of carbonyl (C=O) groups excluding carboxylic acids is 1. The molecular formula is C21H22N2O3S. The number of thioether (sulfide) groups is 1. The Labute approximate surface area is 162 Å². The number of Topliss-reactive ketones (excluding diaryl/α,β-unsaturated/α-hetero) is 1. The molecule has 0 bridgehead atoms. The number of rotatable bonds is 7. The zero-order chi connectivity index (χ0) is 19.4. The van der Waals surface area contributed by atoms with Crippen LogP contribution in [-0.4, -0.2) is 28.2 Å². The van der Waals surface area contributed by atoms with Gasteiger partial charge in [0.05, 0.1) is 29.3 Å². The molecule has 1 aromatic heterocycles. The number of aryl methyl sites for hydroxylation is 1. The van der Waals surface area contributed by atoms with Crippen LogP contribution >= 0.6 is 11.8 Å². The molecule has 0 unspecified atom stereocenters. The number of nitrogens with zero attached hydrogens (tertiary/aromatic N) is 2. The number of hydrogen-bond acceptors (Lipinski definition) is 5. The van der Waals surface area contributed by atoms with E-state index in [0.717, 1.165) is 12.0 Å². The standard InChI is InChI=1S/C21H22N2O3S/c1-4-11-23-20(25)15-7-5-6-8-17(15)22-21(23)27-13-18(24)16-12-14(2)9-10-19(16)26-3/h5-10,12H,4,11,13H2,1-3H3. The maximum absolute atomic E-state index is 12.8. The van der Waals surface area contributed by atoms with Gasteiger partial charge in [-0.1, -0.05) is 42.4 Å². The molecule has 5 nitrogen and oxygen atoms in total. The molecule has 3 rings (SSSR count). The topological polar surface area (TPSA) is 61.2 Å². The number of aromatic nitrogens is 2. The minimum absolute atomic E-state index is 0.0500. The van der Waals surface area contributed by atoms with E-state index in [1.54, 1.807) is 23.8 Å². The van der Waals surface area contributed by atoms with Crippen LogP contribution in [-0.2, 0) is 6.54 Å². The average Bonchev–Trinajstić information content (AvgIpc) is 2.68. The van der Waals surface area contributed by atoms with Crippen LogP contribution in [0.2, 0.25) is 0 Å². The van der Waals surface area contributed by atoms with E-state index in [1.165, 1.54) is 11.8 Å². The van der Waals surface area contributed by atoms with Crippen LogP contribution in [0.5, 0.6) is 5.75 Å². The molecule has 0 aliphatic heterocycles. The minimum atomic E-state index is -0.0643. The normalized spacial score (nSPS) is 10.9. The lowest BCUT2D eigenvalue weighted by molar-refractivity contribution is 0.101. The highest BCUT2D eigenvalue weighted by Gasteiger charge is 2.16. The number of benzene rings is 2. The number of fused-ring (bicyclic) bond motifs is 1. The van der Waals surface area contributed by atoms with Gasteiger partial charge in [-0.3, -0.25) is 14.2 Å². The summed E-state index contributed by atoms with van der Waals surface area (Å²) < 4.78 is 6.97. The summed E-state index contributed by atoms with van der Waals surface area (Å²) in [4.78, 5) is 30.2. The maximum Gasteiger partial charge on any atom is 0.262 e. The van der Waals surface area contributed by atoms with Crippen molar-refractivity contribution in [1.29, 1.82) is 0 Å². The Bertz CT molecular complexity index is 1040. The van der Waals surface area contributed by atoms with E-state index in [9.17, 15) is 9.59 Å². The molecule has 0 N–H and O–H groups in total. The minimum Gasteiger partial charge on any atom is -0.496 e. The fraction of sp³-hybridized carbons (Fsp3) is 0.286. The molecule has 3 aromatic rings. The molecule has 0 fully saturated rings. The highest BCUT2D eigenvalue weighted by Crippen LogP contribution is 2.24. The van der Waals surface area contributed by atoms with E-state index >= 15 is 0 Å². The van der Waals surface area contributed by atoms with Crippen molar-refractivity contribution < 1.29 is 9.53 Å². The fourth-order valence-corrected chi connectivity index (χ4v) is 3.83. The number of ketones is 1. The number of para-hydroxylation sites is 1. The summed E-state index contributed by atoms with van der Waals surface area (Å²) in [7, 11) is 1.55. The molecule has 0 amide bonds. The van der Waals surface area contributed by atoms with Crippen molar-refractivity contribution in [3.8, 4) is 5.75 Å². The first kappa shape index (κ1) is 19.2.